The van der Waals surface area contributed by atoms with Gasteiger partial charge >= 0.3 is 0 Å². The van der Waals surface area contributed by atoms with Crippen LogP contribution in [0.4, 0.5) is 0 Å². The van der Waals surface area contributed by atoms with Crippen LogP contribution in [0.1, 0.15) is 5.56 Å². The van der Waals surface area contributed by atoms with Crippen molar-refractivity contribution in [3.05, 3.63) is 54.1 Å². The van der Waals surface area contributed by atoms with Gasteiger partial charge in [-0.25, -0.2) is 0 Å². The zero-order valence-corrected chi connectivity index (χ0v) is 15.5. The van der Waals surface area contributed by atoms with Gasteiger partial charge in [0.05, 0.1) is 8.80 Å². The van der Waals surface area contributed by atoms with Crippen molar-refractivity contribution in [3.63, 3.8) is 0 Å². The number of hydrogen-bond donors (Lipinski definition) is 2. The molecule has 0 aliphatic rings. The first kappa shape index (κ1) is 15.6. The maximum atomic E-state index is 5.64. The topological polar surface area (TPSA) is 38.0 Å². The van der Waals surface area contributed by atoms with Gasteiger partial charge in [-0.3, -0.25) is 0 Å². The summed E-state index contributed by atoms with van der Waals surface area (Å²) in [5, 5.41) is 13.5. The van der Waals surface area contributed by atoms with E-state index in [1.165, 1.54) is 37.9 Å². The van der Waals surface area contributed by atoms with E-state index < -0.39 is 8.80 Å². The minimum absolute atomic E-state index is 0.683. The second kappa shape index (κ2) is 6.17. The molecule has 0 saturated carbocycles. The van der Waals surface area contributed by atoms with Crippen LogP contribution in [0.3, 0.4) is 0 Å². The fourth-order valence-electron chi connectivity index (χ4n) is 4.05. The van der Waals surface area contributed by atoms with Crippen molar-refractivity contribution in [2.24, 2.45) is 5.73 Å². The number of hydrogen-bond acceptors (Lipinski definition) is 2. The molecule has 4 rings (SSSR count). The third-order valence-electron chi connectivity index (χ3n) is 4.99. The highest BCUT2D eigenvalue weighted by atomic mass is 28.3. The molecule has 24 heavy (non-hydrogen) atoms. The molecule has 0 aromatic heterocycles. The first-order valence-electron chi connectivity index (χ1n) is 8.81. The number of nitrogens with one attached hydrogen (secondary N) is 1. The molecule has 0 bridgehead atoms. The summed E-state index contributed by atoms with van der Waals surface area (Å²) in [6.45, 7) is 7.32. The maximum absolute atomic E-state index is 5.64. The first-order chi connectivity index (χ1) is 11.7. The van der Waals surface area contributed by atoms with E-state index in [0.717, 1.165) is 13.1 Å². The van der Waals surface area contributed by atoms with E-state index >= 15 is 0 Å². The van der Waals surface area contributed by atoms with E-state index in [1.807, 2.05) is 0 Å². The normalized spacial score (nSPS) is 12.2. The largest absolute Gasteiger partial charge is 0.329 e. The molecule has 0 fully saturated rings. The van der Waals surface area contributed by atoms with Gasteiger partial charge in [-0.15, -0.1) is 0 Å². The molecule has 0 heterocycles. The number of nitrogens with two attached hydrogens (primary N) is 1. The molecule has 122 valence electrons. The molecule has 0 aliphatic heterocycles. The Hall–Kier alpha value is -1.94. The minimum atomic E-state index is -0.958. The summed E-state index contributed by atoms with van der Waals surface area (Å²) in [6.07, 6.45) is 0. The third-order valence-corrected chi connectivity index (χ3v) is 6.83. The van der Waals surface area contributed by atoms with Crippen molar-refractivity contribution in [3.8, 4) is 0 Å². The molecule has 0 unspecified atom stereocenters. The maximum Gasteiger partial charge on any atom is 0.0659 e. The monoisotopic (exact) mass is 332 g/mol. The lowest BCUT2D eigenvalue weighted by molar-refractivity contribution is 0.697. The third kappa shape index (κ3) is 2.40. The van der Waals surface area contributed by atoms with Crippen molar-refractivity contribution >= 4 is 46.3 Å². The van der Waals surface area contributed by atoms with Crippen molar-refractivity contribution < 1.29 is 0 Å². The molecule has 4 aromatic carbocycles. The summed E-state index contributed by atoms with van der Waals surface area (Å²) < 4.78 is 0. The second-order valence-corrected chi connectivity index (χ2v) is 9.81. The fraction of sp³-hybridized carbons (Fsp3) is 0.238. The summed E-state index contributed by atoms with van der Waals surface area (Å²) in [4.78, 5) is 0. The Balaban J connectivity index is 2.06. The Morgan fingerprint density at radius 3 is 2.33 bits per heavy atom. The summed E-state index contributed by atoms with van der Waals surface area (Å²) in [5.41, 5.74) is 7.10. The lowest BCUT2D eigenvalue weighted by Crippen LogP contribution is -2.32. The first-order valence-corrected chi connectivity index (χ1v) is 11.7. The molecule has 0 spiro atoms. The van der Waals surface area contributed by atoms with Gasteiger partial charge in [0.1, 0.15) is 0 Å². The Morgan fingerprint density at radius 1 is 0.917 bits per heavy atom. The highest BCUT2D eigenvalue weighted by Crippen LogP contribution is 2.34. The smallest absolute Gasteiger partial charge is 0.0659 e. The Labute approximate surface area is 144 Å². The molecular formula is C21H24N2Si. The van der Waals surface area contributed by atoms with E-state index in [2.05, 4.69) is 66.9 Å². The predicted octanol–water partition coefficient (Wildman–Crippen LogP) is 3.33. The summed E-state index contributed by atoms with van der Waals surface area (Å²) >= 11 is 0. The van der Waals surface area contributed by atoms with Gasteiger partial charge in [-0.05, 0) is 43.9 Å². The van der Waals surface area contributed by atoms with Crippen LogP contribution in [0, 0.1) is 0 Å². The van der Waals surface area contributed by atoms with Gasteiger partial charge < -0.3 is 11.1 Å². The zero-order chi connectivity index (χ0) is 16.7. The van der Waals surface area contributed by atoms with Crippen molar-refractivity contribution in [2.75, 3.05) is 13.1 Å². The predicted molar refractivity (Wildman–Crippen MR) is 109 cm³/mol. The van der Waals surface area contributed by atoms with Crippen molar-refractivity contribution in [2.45, 2.75) is 19.6 Å². The number of rotatable bonds is 5. The summed E-state index contributed by atoms with van der Waals surface area (Å²) in [5.74, 6) is 0. The minimum Gasteiger partial charge on any atom is -0.329 e. The Morgan fingerprint density at radius 2 is 1.62 bits per heavy atom. The highest BCUT2D eigenvalue weighted by Gasteiger charge is 2.16. The van der Waals surface area contributed by atoms with E-state index in [4.69, 9.17) is 5.73 Å². The van der Waals surface area contributed by atoms with Crippen LogP contribution >= 0.6 is 0 Å². The van der Waals surface area contributed by atoms with Gasteiger partial charge in [-0.1, -0.05) is 60.7 Å². The van der Waals surface area contributed by atoms with Gasteiger partial charge in [0, 0.05) is 19.6 Å². The van der Waals surface area contributed by atoms with Gasteiger partial charge in [0.2, 0.25) is 0 Å². The van der Waals surface area contributed by atoms with Gasteiger partial charge in [-0.2, -0.15) is 0 Å². The lowest BCUT2D eigenvalue weighted by atomic mass is 9.93. The van der Waals surface area contributed by atoms with Crippen molar-refractivity contribution in [1.82, 2.24) is 5.32 Å². The van der Waals surface area contributed by atoms with E-state index in [0.29, 0.717) is 6.54 Å². The summed E-state index contributed by atoms with van der Waals surface area (Å²) in [7, 11) is -0.958. The van der Waals surface area contributed by atoms with Crippen LogP contribution in [0.2, 0.25) is 13.1 Å². The van der Waals surface area contributed by atoms with Crippen molar-refractivity contribution in [1.29, 1.82) is 0 Å². The molecule has 0 atom stereocenters. The molecule has 0 aliphatic carbocycles. The molecule has 0 amide bonds. The Kier molecular flexibility index (Phi) is 4.00. The number of benzene rings is 4. The zero-order valence-electron chi connectivity index (χ0n) is 14.4. The van der Waals surface area contributed by atoms with Gasteiger partial charge in [0.25, 0.3) is 0 Å². The molecule has 3 N–H and O–H groups in total. The summed E-state index contributed by atoms with van der Waals surface area (Å²) in [6, 6.07) is 18.2. The van der Waals surface area contributed by atoms with Crippen LogP contribution < -0.4 is 16.2 Å². The van der Waals surface area contributed by atoms with Crippen LogP contribution in [0.15, 0.2) is 48.5 Å². The average molecular weight is 333 g/mol. The fourth-order valence-corrected chi connectivity index (χ4v) is 5.83. The van der Waals surface area contributed by atoms with Gasteiger partial charge in [0.15, 0.2) is 0 Å². The average Bonchev–Trinajstić information content (AvgIpc) is 2.59. The lowest BCUT2D eigenvalue weighted by Gasteiger charge is -2.20. The molecule has 0 saturated heterocycles. The van der Waals surface area contributed by atoms with Crippen LogP contribution in [-0.4, -0.2) is 21.9 Å². The highest BCUT2D eigenvalue weighted by molar-refractivity contribution is 6.74. The van der Waals surface area contributed by atoms with Crippen LogP contribution in [0.25, 0.3) is 32.3 Å². The van der Waals surface area contributed by atoms with E-state index in [-0.39, 0.29) is 0 Å². The van der Waals surface area contributed by atoms with Crippen LogP contribution in [0.5, 0.6) is 0 Å². The molecular weight excluding hydrogens is 308 g/mol. The Bertz CT molecular complexity index is 991. The SMILES string of the molecule is C[SiH](C)c1c(CNCCN)cc2ccc3cccc4ccc1c2c34. The van der Waals surface area contributed by atoms with E-state index in [9.17, 15) is 0 Å². The van der Waals surface area contributed by atoms with Crippen LogP contribution in [-0.2, 0) is 6.54 Å². The van der Waals surface area contributed by atoms with E-state index in [1.54, 1.807) is 5.19 Å². The molecule has 0 radical (unpaired) electrons. The second-order valence-electron chi connectivity index (χ2n) is 6.93. The molecule has 4 aromatic rings. The molecule has 3 heteroatoms. The standard InChI is InChI=1S/C21H24N2Si/c1-24(2)21-17(13-23-11-10-22)12-16-7-6-14-4-3-5-15-8-9-18(21)20(16)19(14)15/h3-9,12,23-24H,10-11,13,22H2,1-2H3. The quantitative estimate of drug-likeness (QED) is 0.334. The molecule has 2 nitrogen and oxygen atoms in total.